The van der Waals surface area contributed by atoms with Gasteiger partial charge in [-0.25, -0.2) is 4.79 Å². The van der Waals surface area contributed by atoms with Gasteiger partial charge >= 0.3 is 5.97 Å². The van der Waals surface area contributed by atoms with Crippen molar-refractivity contribution in [1.82, 2.24) is 0 Å². The number of methoxy groups -OCH3 is 2. The summed E-state index contributed by atoms with van der Waals surface area (Å²) in [6.45, 7) is 0. The van der Waals surface area contributed by atoms with E-state index in [1.165, 1.54) is 18.4 Å². The molecule has 0 atom stereocenters. The maximum absolute atomic E-state index is 11.1. The Morgan fingerprint density at radius 1 is 1.58 bits per heavy atom. The minimum atomic E-state index is -0.343. The molecule has 0 saturated carbocycles. The van der Waals surface area contributed by atoms with E-state index in [1.807, 2.05) is 13.2 Å². The van der Waals surface area contributed by atoms with E-state index >= 15 is 0 Å². The van der Waals surface area contributed by atoms with E-state index in [1.54, 1.807) is 7.11 Å². The first-order chi connectivity index (χ1) is 5.70. The first kappa shape index (κ1) is 9.13. The van der Waals surface area contributed by atoms with Crippen LogP contribution in [-0.4, -0.2) is 28.0 Å². The largest absolute Gasteiger partial charge is 0.496 e. The molecule has 0 radical (unpaired) electrons. The molecule has 3 nitrogen and oxygen atoms in total. The van der Waals surface area contributed by atoms with Crippen molar-refractivity contribution in [2.45, 2.75) is 0 Å². The van der Waals surface area contributed by atoms with Crippen molar-refractivity contribution in [3.63, 3.8) is 0 Å². The van der Waals surface area contributed by atoms with Crippen molar-refractivity contribution < 1.29 is 14.3 Å². The average Bonchev–Trinajstić information content (AvgIpc) is 2.45. The predicted molar refractivity (Wildman–Crippen MR) is 50.4 cm³/mol. The van der Waals surface area contributed by atoms with Crippen molar-refractivity contribution in [3.8, 4) is 5.75 Å². The molecule has 1 rings (SSSR count). The Labute approximate surface area is 75.7 Å². The monoisotopic (exact) mass is 184 g/mol. The quantitative estimate of drug-likeness (QED) is 0.471. The van der Waals surface area contributed by atoms with Crippen LogP contribution in [-0.2, 0) is 4.74 Å². The number of esters is 1. The zero-order chi connectivity index (χ0) is 9.14. The van der Waals surface area contributed by atoms with Crippen LogP contribution in [0.15, 0.2) is 5.38 Å². The van der Waals surface area contributed by atoms with E-state index in [9.17, 15) is 4.79 Å². The maximum Gasteiger partial charge on any atom is 0.351 e. The van der Waals surface area contributed by atoms with E-state index < -0.39 is 0 Å². The topological polar surface area (TPSA) is 35.5 Å². The summed E-state index contributed by atoms with van der Waals surface area (Å²) in [4.78, 5) is 11.6. The zero-order valence-electron chi connectivity index (χ0n) is 7.21. The van der Waals surface area contributed by atoms with Gasteiger partial charge in [0.2, 0.25) is 0 Å². The molecule has 0 aliphatic carbocycles. The number of hydrogen-bond acceptors (Lipinski definition) is 4. The fraction of sp³-hybridized carbons (Fsp3) is 0.286. The maximum atomic E-state index is 11.1. The second-order valence-electron chi connectivity index (χ2n) is 2.27. The molecule has 64 valence electrons. The van der Waals surface area contributed by atoms with Gasteiger partial charge < -0.3 is 9.47 Å². The van der Waals surface area contributed by atoms with Gasteiger partial charge in [0, 0.05) is 0 Å². The summed E-state index contributed by atoms with van der Waals surface area (Å²) >= 11 is 1.33. The number of thiophene rings is 1. The van der Waals surface area contributed by atoms with E-state index in [4.69, 9.17) is 4.74 Å². The van der Waals surface area contributed by atoms with Gasteiger partial charge in [0.05, 0.1) is 14.2 Å². The third-order valence-corrected chi connectivity index (χ3v) is 2.55. The Morgan fingerprint density at radius 2 is 2.25 bits per heavy atom. The Morgan fingerprint density at radius 3 is 2.75 bits per heavy atom. The Balaban J connectivity index is 3.07. The van der Waals surface area contributed by atoms with Crippen LogP contribution in [0.5, 0.6) is 5.75 Å². The second-order valence-corrected chi connectivity index (χ2v) is 3.15. The number of rotatable bonds is 2. The Bertz CT molecular complexity index is 295. The average molecular weight is 184 g/mol. The van der Waals surface area contributed by atoms with Gasteiger partial charge in [-0.2, -0.15) is 0 Å². The fourth-order valence-electron chi connectivity index (χ4n) is 0.921. The van der Waals surface area contributed by atoms with E-state index in [-0.39, 0.29) is 5.97 Å². The highest BCUT2D eigenvalue weighted by molar-refractivity contribution is 7.13. The standard InChI is InChI=1S/C7H9BO3S/c1-10-5-4(8)3-12-6(5)7(9)11-2/h3H,8H2,1-2H3. The molecule has 0 aliphatic rings. The number of hydrogen-bond donors (Lipinski definition) is 0. The Kier molecular flexibility index (Phi) is 2.76. The van der Waals surface area contributed by atoms with Crippen LogP contribution >= 0.6 is 11.3 Å². The lowest BCUT2D eigenvalue weighted by Crippen LogP contribution is -2.07. The van der Waals surface area contributed by atoms with Gasteiger partial charge in [0.25, 0.3) is 0 Å². The van der Waals surface area contributed by atoms with Crippen LogP contribution in [0.25, 0.3) is 0 Å². The first-order valence-electron chi connectivity index (χ1n) is 3.41. The zero-order valence-corrected chi connectivity index (χ0v) is 8.03. The highest BCUT2D eigenvalue weighted by atomic mass is 32.1. The third-order valence-electron chi connectivity index (χ3n) is 1.49. The molecular weight excluding hydrogens is 175 g/mol. The highest BCUT2D eigenvalue weighted by Crippen LogP contribution is 2.21. The second kappa shape index (κ2) is 3.62. The summed E-state index contributed by atoms with van der Waals surface area (Å²) < 4.78 is 9.63. The van der Waals surface area contributed by atoms with Gasteiger partial charge in [-0.1, -0.05) is 0 Å². The summed E-state index contributed by atoms with van der Waals surface area (Å²) in [7, 11) is 4.79. The summed E-state index contributed by atoms with van der Waals surface area (Å²) in [6, 6.07) is 0. The SMILES string of the molecule is Bc1csc(C(=O)OC)c1OC. The normalized spacial score (nSPS) is 9.50. The van der Waals surface area contributed by atoms with Gasteiger partial charge in [0.15, 0.2) is 4.88 Å². The van der Waals surface area contributed by atoms with Crippen LogP contribution in [0.4, 0.5) is 0 Å². The van der Waals surface area contributed by atoms with Crippen molar-refractivity contribution in [3.05, 3.63) is 10.3 Å². The summed E-state index contributed by atoms with van der Waals surface area (Å²) in [5.41, 5.74) is 0.961. The molecule has 0 aliphatic heterocycles. The van der Waals surface area contributed by atoms with Crippen LogP contribution in [0.2, 0.25) is 0 Å². The number of carbonyl (C=O) groups is 1. The molecule has 12 heavy (non-hydrogen) atoms. The molecule has 0 N–H and O–H groups in total. The first-order valence-corrected chi connectivity index (χ1v) is 4.29. The van der Waals surface area contributed by atoms with Gasteiger partial charge in [-0.15, -0.1) is 11.3 Å². The molecule has 0 amide bonds. The molecule has 0 saturated heterocycles. The molecule has 1 heterocycles. The molecule has 0 aromatic carbocycles. The minimum absolute atomic E-state index is 0.343. The summed E-state index contributed by atoms with van der Waals surface area (Å²) in [5, 5.41) is 1.87. The van der Waals surface area contributed by atoms with Gasteiger partial charge in [-0.05, 0) is 10.8 Å². The van der Waals surface area contributed by atoms with Crippen LogP contribution in [0.3, 0.4) is 0 Å². The van der Waals surface area contributed by atoms with Crippen molar-refractivity contribution >= 4 is 30.6 Å². The van der Waals surface area contributed by atoms with Crippen LogP contribution in [0.1, 0.15) is 9.67 Å². The van der Waals surface area contributed by atoms with E-state index in [0.29, 0.717) is 10.6 Å². The lowest BCUT2D eigenvalue weighted by molar-refractivity contribution is 0.0603. The molecule has 1 aromatic rings. The highest BCUT2D eigenvalue weighted by Gasteiger charge is 2.16. The number of carbonyl (C=O) groups excluding carboxylic acids is 1. The number of ether oxygens (including phenoxy) is 2. The lowest BCUT2D eigenvalue weighted by atomic mass is 9.99. The van der Waals surface area contributed by atoms with Gasteiger partial charge in [-0.3, -0.25) is 0 Å². The molecule has 1 aromatic heterocycles. The fourth-order valence-corrected chi connectivity index (χ4v) is 1.85. The smallest absolute Gasteiger partial charge is 0.351 e. The van der Waals surface area contributed by atoms with E-state index in [0.717, 1.165) is 5.46 Å². The molecule has 0 fully saturated rings. The Hall–Kier alpha value is -0.965. The minimum Gasteiger partial charge on any atom is -0.496 e. The van der Waals surface area contributed by atoms with Crippen LogP contribution < -0.4 is 10.2 Å². The molecule has 0 bridgehead atoms. The third kappa shape index (κ3) is 1.45. The van der Waals surface area contributed by atoms with Crippen LogP contribution in [0, 0.1) is 0 Å². The van der Waals surface area contributed by atoms with Crippen molar-refractivity contribution in [1.29, 1.82) is 0 Å². The predicted octanol–water partition coefficient (Wildman–Crippen LogP) is -0.198. The molecule has 0 spiro atoms. The van der Waals surface area contributed by atoms with Crippen molar-refractivity contribution in [2.24, 2.45) is 0 Å². The van der Waals surface area contributed by atoms with Crippen molar-refractivity contribution in [2.75, 3.05) is 14.2 Å². The molecule has 0 unspecified atom stereocenters. The molecule has 5 heteroatoms. The lowest BCUT2D eigenvalue weighted by Gasteiger charge is -2.01. The van der Waals surface area contributed by atoms with E-state index in [2.05, 4.69) is 4.74 Å². The molecular formula is C7H9BO3S. The van der Waals surface area contributed by atoms with Gasteiger partial charge in [0.1, 0.15) is 13.6 Å². The summed E-state index contributed by atoms with van der Waals surface area (Å²) in [6.07, 6.45) is 0. The summed E-state index contributed by atoms with van der Waals surface area (Å²) in [5.74, 6) is 0.275.